The third kappa shape index (κ3) is 5.74. The van der Waals surface area contributed by atoms with E-state index in [-0.39, 0.29) is 23.5 Å². The maximum Gasteiger partial charge on any atom is 0.410 e. The van der Waals surface area contributed by atoms with Crippen LogP contribution in [0.5, 0.6) is 0 Å². The van der Waals surface area contributed by atoms with Crippen LogP contribution in [0.25, 0.3) is 0 Å². The van der Waals surface area contributed by atoms with Crippen molar-refractivity contribution in [2.75, 3.05) is 39.3 Å². The molecule has 0 aromatic heterocycles. The molecule has 3 aliphatic heterocycles. The van der Waals surface area contributed by atoms with Gasteiger partial charge in [-0.25, -0.2) is 4.79 Å². The Morgan fingerprint density at radius 3 is 2.44 bits per heavy atom. The molecule has 2 amide bonds. The van der Waals surface area contributed by atoms with Gasteiger partial charge in [0.15, 0.2) is 0 Å². The molecular formula is C27H40N4O3. The monoisotopic (exact) mass is 468 g/mol. The minimum absolute atomic E-state index is 0.125. The molecule has 186 valence electrons. The average Bonchev–Trinajstić information content (AvgIpc) is 3.15. The second-order valence-electron chi connectivity index (χ2n) is 10.9. The quantitative estimate of drug-likeness (QED) is 0.671. The summed E-state index contributed by atoms with van der Waals surface area (Å²) >= 11 is 0. The number of ether oxygens (including phenoxy) is 1. The Kier molecular flexibility index (Phi) is 7.40. The number of piperidine rings is 2. The number of benzene rings is 1. The summed E-state index contributed by atoms with van der Waals surface area (Å²) in [6.07, 6.45) is 7.64. The largest absolute Gasteiger partial charge is 0.441 e. The lowest BCUT2D eigenvalue weighted by Crippen LogP contribution is -2.47. The molecule has 3 heterocycles. The summed E-state index contributed by atoms with van der Waals surface area (Å²) in [6, 6.07) is 10.9. The van der Waals surface area contributed by atoms with E-state index in [1.54, 1.807) is 0 Å². The van der Waals surface area contributed by atoms with Gasteiger partial charge in [0.25, 0.3) is 0 Å². The minimum Gasteiger partial charge on any atom is -0.441 e. The molecule has 0 radical (unpaired) electrons. The van der Waals surface area contributed by atoms with Crippen molar-refractivity contribution in [3.8, 4) is 0 Å². The fraction of sp³-hybridized carbons (Fsp3) is 0.704. The third-order valence-corrected chi connectivity index (χ3v) is 8.43. The van der Waals surface area contributed by atoms with Crippen LogP contribution in [0.3, 0.4) is 0 Å². The van der Waals surface area contributed by atoms with Crippen LogP contribution < -0.4 is 10.6 Å². The summed E-state index contributed by atoms with van der Waals surface area (Å²) in [5.41, 5.74) is 1.09. The molecular weight excluding hydrogens is 428 g/mol. The first-order chi connectivity index (χ1) is 16.6. The number of hydrogen-bond acceptors (Lipinski definition) is 5. The van der Waals surface area contributed by atoms with Crippen molar-refractivity contribution in [2.24, 2.45) is 11.8 Å². The minimum atomic E-state index is -0.268. The molecule has 1 aromatic rings. The lowest BCUT2D eigenvalue weighted by Gasteiger charge is -2.34. The molecule has 7 heteroatoms. The van der Waals surface area contributed by atoms with E-state index in [9.17, 15) is 9.59 Å². The molecule has 0 atom stereocenters. The number of amides is 2. The van der Waals surface area contributed by atoms with Gasteiger partial charge < -0.3 is 20.3 Å². The van der Waals surface area contributed by atoms with Gasteiger partial charge in [0.1, 0.15) is 5.60 Å². The van der Waals surface area contributed by atoms with E-state index in [1.807, 2.05) is 4.90 Å². The fourth-order valence-corrected chi connectivity index (χ4v) is 6.29. The molecule has 1 aromatic carbocycles. The Bertz CT molecular complexity index is 826. The Balaban J connectivity index is 1.01. The zero-order valence-electron chi connectivity index (χ0n) is 20.3. The highest BCUT2D eigenvalue weighted by Gasteiger charge is 2.46. The molecule has 0 unspecified atom stereocenters. The van der Waals surface area contributed by atoms with Crippen molar-refractivity contribution < 1.29 is 14.3 Å². The molecule has 34 heavy (non-hydrogen) atoms. The second kappa shape index (κ2) is 10.6. The van der Waals surface area contributed by atoms with Crippen LogP contribution in [0.2, 0.25) is 0 Å². The molecule has 1 aliphatic carbocycles. The highest BCUT2D eigenvalue weighted by Crippen LogP contribution is 2.35. The van der Waals surface area contributed by atoms with Gasteiger partial charge in [-0.05, 0) is 63.1 Å². The highest BCUT2D eigenvalue weighted by molar-refractivity contribution is 5.79. The molecule has 0 bridgehead atoms. The molecule has 5 rings (SSSR count). The van der Waals surface area contributed by atoms with E-state index >= 15 is 0 Å². The van der Waals surface area contributed by atoms with E-state index in [0.717, 1.165) is 97.2 Å². The van der Waals surface area contributed by atoms with Crippen molar-refractivity contribution in [3.63, 3.8) is 0 Å². The van der Waals surface area contributed by atoms with Crippen LogP contribution >= 0.6 is 0 Å². The predicted octanol–water partition coefficient (Wildman–Crippen LogP) is 3.15. The normalized spacial score (nSPS) is 28.1. The predicted molar refractivity (Wildman–Crippen MR) is 131 cm³/mol. The van der Waals surface area contributed by atoms with E-state index in [1.165, 1.54) is 5.56 Å². The molecule has 3 saturated heterocycles. The van der Waals surface area contributed by atoms with Gasteiger partial charge in [0.2, 0.25) is 5.91 Å². The third-order valence-electron chi connectivity index (χ3n) is 8.43. The second-order valence-corrected chi connectivity index (χ2v) is 10.9. The van der Waals surface area contributed by atoms with E-state index < -0.39 is 0 Å². The summed E-state index contributed by atoms with van der Waals surface area (Å²) < 4.78 is 5.81. The maximum atomic E-state index is 12.9. The lowest BCUT2D eigenvalue weighted by molar-refractivity contribution is -0.127. The maximum absolute atomic E-state index is 12.9. The highest BCUT2D eigenvalue weighted by atomic mass is 16.6. The summed E-state index contributed by atoms with van der Waals surface area (Å²) in [5, 5.41) is 6.70. The van der Waals surface area contributed by atoms with Gasteiger partial charge in [-0.2, -0.15) is 0 Å². The number of nitrogens with one attached hydrogen (secondary N) is 2. The first kappa shape index (κ1) is 23.6. The van der Waals surface area contributed by atoms with Crippen LogP contribution in [0.4, 0.5) is 4.79 Å². The van der Waals surface area contributed by atoms with Crippen molar-refractivity contribution in [2.45, 2.75) is 69.6 Å². The Morgan fingerprint density at radius 2 is 1.74 bits per heavy atom. The van der Waals surface area contributed by atoms with Gasteiger partial charge >= 0.3 is 6.09 Å². The first-order valence-electron chi connectivity index (χ1n) is 13.3. The zero-order valence-corrected chi connectivity index (χ0v) is 20.3. The Labute approximate surface area is 203 Å². The van der Waals surface area contributed by atoms with Gasteiger partial charge in [-0.3, -0.25) is 9.69 Å². The van der Waals surface area contributed by atoms with Crippen LogP contribution in [0, 0.1) is 11.8 Å². The van der Waals surface area contributed by atoms with Crippen LogP contribution in [-0.4, -0.2) is 72.7 Å². The standard InChI is InChI=1S/C27H40N4O3/c32-25(29-24-10-16-30(17-11-24)18-21-4-2-1-3-5-21)23-8-6-22(7-9-23)19-31-20-27(34-26(31)33)12-14-28-15-13-27/h1-5,22-24,28H,6-20H2,(H,29,32)/t22-,23-. The van der Waals surface area contributed by atoms with Crippen LogP contribution in [0.1, 0.15) is 56.9 Å². The zero-order chi connectivity index (χ0) is 23.4. The lowest BCUT2D eigenvalue weighted by atomic mass is 9.81. The number of likely N-dealkylation sites (tertiary alicyclic amines) is 1. The summed E-state index contributed by atoms with van der Waals surface area (Å²) in [7, 11) is 0. The number of rotatable bonds is 6. The van der Waals surface area contributed by atoms with E-state index in [0.29, 0.717) is 12.0 Å². The van der Waals surface area contributed by atoms with Gasteiger partial charge in [-0.1, -0.05) is 30.3 Å². The Hall–Kier alpha value is -2.12. The van der Waals surface area contributed by atoms with Crippen LogP contribution in [0.15, 0.2) is 30.3 Å². The smallest absolute Gasteiger partial charge is 0.410 e. The van der Waals surface area contributed by atoms with Crippen molar-refractivity contribution >= 4 is 12.0 Å². The van der Waals surface area contributed by atoms with E-state index in [2.05, 4.69) is 45.9 Å². The molecule has 1 spiro atoms. The van der Waals surface area contributed by atoms with E-state index in [4.69, 9.17) is 4.74 Å². The number of hydrogen-bond donors (Lipinski definition) is 2. The molecule has 4 fully saturated rings. The summed E-state index contributed by atoms with van der Waals surface area (Å²) in [6.45, 7) is 6.43. The van der Waals surface area contributed by atoms with Gasteiger partial charge in [0, 0.05) is 51.0 Å². The Morgan fingerprint density at radius 1 is 1.03 bits per heavy atom. The van der Waals surface area contributed by atoms with Crippen molar-refractivity contribution in [1.82, 2.24) is 20.4 Å². The molecule has 1 saturated carbocycles. The summed E-state index contributed by atoms with van der Waals surface area (Å²) in [4.78, 5) is 29.8. The molecule has 4 aliphatic rings. The SMILES string of the molecule is O=C1OC2(CCNCC2)CN1C[C@H]1CC[C@H](C(=O)NC2CCN(Cc3ccccc3)CC2)CC1. The molecule has 2 N–H and O–H groups in total. The van der Waals surface area contributed by atoms with Gasteiger partial charge in [-0.15, -0.1) is 0 Å². The summed E-state index contributed by atoms with van der Waals surface area (Å²) in [5.74, 6) is 0.851. The number of carbonyl (C=O) groups excluding carboxylic acids is 2. The van der Waals surface area contributed by atoms with Crippen molar-refractivity contribution in [1.29, 1.82) is 0 Å². The van der Waals surface area contributed by atoms with Gasteiger partial charge in [0.05, 0.1) is 6.54 Å². The number of nitrogens with zero attached hydrogens (tertiary/aromatic N) is 2. The topological polar surface area (TPSA) is 73.9 Å². The first-order valence-corrected chi connectivity index (χ1v) is 13.3. The number of carbonyl (C=O) groups is 2. The average molecular weight is 469 g/mol. The van der Waals surface area contributed by atoms with Crippen LogP contribution in [-0.2, 0) is 16.1 Å². The van der Waals surface area contributed by atoms with Crippen molar-refractivity contribution in [3.05, 3.63) is 35.9 Å². The fourth-order valence-electron chi connectivity index (χ4n) is 6.29. The molecule has 7 nitrogen and oxygen atoms in total.